The molecule has 2 aromatic rings. The topological polar surface area (TPSA) is 52.6 Å². The van der Waals surface area contributed by atoms with E-state index in [9.17, 15) is 0 Å². The lowest BCUT2D eigenvalue weighted by molar-refractivity contribution is 0.196. The van der Waals surface area contributed by atoms with Crippen LogP contribution in [-0.2, 0) is 13.0 Å². The summed E-state index contributed by atoms with van der Waals surface area (Å²) in [6.07, 6.45) is 5.17. The summed E-state index contributed by atoms with van der Waals surface area (Å²) >= 11 is 0. The second-order valence-corrected chi connectivity index (χ2v) is 9.04. The minimum atomic E-state index is 0. The predicted octanol–water partition coefficient (Wildman–Crippen LogP) is 4.49. The number of piperidine rings is 1. The van der Waals surface area contributed by atoms with Crippen LogP contribution in [0, 0.1) is 5.41 Å². The van der Waals surface area contributed by atoms with Crippen LogP contribution in [0.25, 0.3) is 0 Å². The number of nitrogens with zero attached hydrogens (tertiary/aromatic N) is 3. The van der Waals surface area contributed by atoms with E-state index in [0.717, 1.165) is 63.6 Å². The molecule has 0 bridgehead atoms. The summed E-state index contributed by atoms with van der Waals surface area (Å²) in [4.78, 5) is 11.9. The lowest BCUT2D eigenvalue weighted by atomic mass is 9.86. The summed E-state index contributed by atoms with van der Waals surface area (Å²) in [6, 6.07) is 17.3. The number of aromatic nitrogens is 1. The van der Waals surface area contributed by atoms with Crippen molar-refractivity contribution in [3.05, 3.63) is 66.0 Å². The standard InChI is InChI=1S/C25H37N5.HI/c1-4-26-24(28-20-25(2,3)18-21-10-6-5-7-11-21)29-22-13-16-30(17-14-22)19-23-12-8-9-15-27-23;/h5-12,15,22H,4,13-14,16-20H2,1-3H3,(H2,26,28,29);1H. The third-order valence-electron chi connectivity index (χ3n) is 5.58. The van der Waals surface area contributed by atoms with Gasteiger partial charge in [-0.05, 0) is 49.3 Å². The molecule has 1 saturated heterocycles. The molecule has 1 aromatic carbocycles. The van der Waals surface area contributed by atoms with Gasteiger partial charge in [-0.3, -0.25) is 14.9 Å². The van der Waals surface area contributed by atoms with Gasteiger partial charge in [-0.2, -0.15) is 0 Å². The number of pyridine rings is 1. The van der Waals surface area contributed by atoms with Crippen LogP contribution in [0.2, 0.25) is 0 Å². The molecule has 1 aliphatic rings. The average molecular weight is 536 g/mol. The fourth-order valence-electron chi connectivity index (χ4n) is 3.97. The number of hydrogen-bond acceptors (Lipinski definition) is 3. The van der Waals surface area contributed by atoms with Gasteiger partial charge >= 0.3 is 0 Å². The van der Waals surface area contributed by atoms with Crippen molar-refractivity contribution in [2.75, 3.05) is 26.2 Å². The van der Waals surface area contributed by atoms with Crippen molar-refractivity contribution in [2.24, 2.45) is 10.4 Å². The van der Waals surface area contributed by atoms with E-state index in [2.05, 4.69) is 83.8 Å². The fraction of sp³-hybridized carbons (Fsp3) is 0.520. The summed E-state index contributed by atoms with van der Waals surface area (Å²) in [5.74, 6) is 0.946. The van der Waals surface area contributed by atoms with E-state index < -0.39 is 0 Å². The molecule has 0 unspecified atom stereocenters. The van der Waals surface area contributed by atoms with Crippen molar-refractivity contribution >= 4 is 29.9 Å². The minimum Gasteiger partial charge on any atom is -0.357 e. The zero-order chi connectivity index (χ0) is 21.2. The maximum atomic E-state index is 4.93. The molecule has 0 spiro atoms. The summed E-state index contributed by atoms with van der Waals surface area (Å²) in [6.45, 7) is 11.5. The van der Waals surface area contributed by atoms with Gasteiger partial charge in [0.2, 0.25) is 0 Å². The van der Waals surface area contributed by atoms with Gasteiger partial charge in [0.15, 0.2) is 5.96 Å². The van der Waals surface area contributed by atoms with Gasteiger partial charge in [-0.15, -0.1) is 24.0 Å². The number of nitrogens with one attached hydrogen (secondary N) is 2. The van der Waals surface area contributed by atoms with Crippen LogP contribution in [0.1, 0.15) is 44.9 Å². The number of rotatable bonds is 8. The zero-order valence-corrected chi connectivity index (χ0v) is 21.5. The molecule has 2 N–H and O–H groups in total. The van der Waals surface area contributed by atoms with Gasteiger partial charge in [0.05, 0.1) is 5.69 Å². The number of likely N-dealkylation sites (tertiary alicyclic amines) is 1. The van der Waals surface area contributed by atoms with Crippen LogP contribution in [0.5, 0.6) is 0 Å². The number of guanidine groups is 1. The maximum absolute atomic E-state index is 4.93. The van der Waals surface area contributed by atoms with Gasteiger partial charge in [-0.1, -0.05) is 50.2 Å². The third kappa shape index (κ3) is 9.15. The molecule has 0 saturated carbocycles. The van der Waals surface area contributed by atoms with E-state index in [1.807, 2.05) is 12.3 Å². The Morgan fingerprint density at radius 2 is 1.81 bits per heavy atom. The van der Waals surface area contributed by atoms with E-state index in [1.165, 1.54) is 5.56 Å². The first-order chi connectivity index (χ1) is 14.5. The highest BCUT2D eigenvalue weighted by Crippen LogP contribution is 2.22. The second kappa shape index (κ2) is 13.0. The van der Waals surface area contributed by atoms with Crippen molar-refractivity contribution in [1.82, 2.24) is 20.5 Å². The van der Waals surface area contributed by atoms with E-state index in [1.54, 1.807) is 0 Å². The van der Waals surface area contributed by atoms with Crippen molar-refractivity contribution in [2.45, 2.75) is 52.6 Å². The Morgan fingerprint density at radius 1 is 1.10 bits per heavy atom. The first-order valence-corrected chi connectivity index (χ1v) is 11.2. The van der Waals surface area contributed by atoms with Crippen molar-refractivity contribution in [3.63, 3.8) is 0 Å². The Labute approximate surface area is 205 Å². The zero-order valence-electron chi connectivity index (χ0n) is 19.2. The molecular formula is C25H38IN5. The van der Waals surface area contributed by atoms with Crippen LogP contribution in [-0.4, -0.2) is 48.1 Å². The van der Waals surface area contributed by atoms with Gasteiger partial charge in [0, 0.05) is 45.0 Å². The van der Waals surface area contributed by atoms with Gasteiger partial charge in [0.25, 0.3) is 0 Å². The molecule has 3 rings (SSSR count). The predicted molar refractivity (Wildman–Crippen MR) is 141 cm³/mol. The van der Waals surface area contributed by atoms with Crippen LogP contribution in [0.4, 0.5) is 0 Å². The molecule has 2 heterocycles. The smallest absolute Gasteiger partial charge is 0.191 e. The Morgan fingerprint density at radius 3 is 2.45 bits per heavy atom. The molecule has 6 heteroatoms. The second-order valence-electron chi connectivity index (χ2n) is 9.04. The Kier molecular flexibility index (Phi) is 10.7. The molecule has 5 nitrogen and oxygen atoms in total. The first-order valence-electron chi connectivity index (χ1n) is 11.2. The van der Waals surface area contributed by atoms with Crippen LogP contribution in [0.15, 0.2) is 59.7 Å². The molecule has 31 heavy (non-hydrogen) atoms. The van der Waals surface area contributed by atoms with E-state index in [0.29, 0.717) is 6.04 Å². The molecule has 0 aliphatic carbocycles. The summed E-state index contributed by atoms with van der Waals surface area (Å²) in [5, 5.41) is 7.11. The van der Waals surface area contributed by atoms with E-state index in [-0.39, 0.29) is 29.4 Å². The fourth-order valence-corrected chi connectivity index (χ4v) is 3.97. The summed E-state index contributed by atoms with van der Waals surface area (Å²) in [7, 11) is 0. The van der Waals surface area contributed by atoms with Crippen LogP contribution in [0.3, 0.4) is 0 Å². The Bertz CT molecular complexity index is 771. The van der Waals surface area contributed by atoms with Crippen molar-refractivity contribution in [3.8, 4) is 0 Å². The monoisotopic (exact) mass is 535 g/mol. The van der Waals surface area contributed by atoms with Crippen molar-refractivity contribution in [1.29, 1.82) is 0 Å². The van der Waals surface area contributed by atoms with Gasteiger partial charge in [0.1, 0.15) is 0 Å². The Hall–Kier alpha value is -1.67. The number of hydrogen-bond donors (Lipinski definition) is 2. The van der Waals surface area contributed by atoms with Gasteiger partial charge in [-0.25, -0.2) is 0 Å². The molecular weight excluding hydrogens is 497 g/mol. The third-order valence-corrected chi connectivity index (χ3v) is 5.58. The van der Waals surface area contributed by atoms with Gasteiger partial charge < -0.3 is 10.6 Å². The minimum absolute atomic E-state index is 0. The van der Waals surface area contributed by atoms with E-state index >= 15 is 0 Å². The molecule has 1 aromatic heterocycles. The quantitative estimate of drug-likeness (QED) is 0.297. The Balaban J connectivity index is 0.00000341. The largest absolute Gasteiger partial charge is 0.357 e. The lowest BCUT2D eigenvalue weighted by Crippen LogP contribution is -2.48. The number of benzene rings is 1. The normalized spacial score (nSPS) is 15.9. The number of halogens is 1. The molecule has 1 aliphatic heterocycles. The van der Waals surface area contributed by atoms with Crippen LogP contribution >= 0.6 is 24.0 Å². The molecule has 0 atom stereocenters. The molecule has 0 radical (unpaired) electrons. The highest BCUT2D eigenvalue weighted by Gasteiger charge is 2.22. The highest BCUT2D eigenvalue weighted by atomic mass is 127. The molecule has 170 valence electrons. The maximum Gasteiger partial charge on any atom is 0.191 e. The van der Waals surface area contributed by atoms with Crippen LogP contribution < -0.4 is 10.6 Å². The number of aliphatic imine (C=N–C) groups is 1. The van der Waals surface area contributed by atoms with E-state index in [4.69, 9.17) is 4.99 Å². The SMILES string of the molecule is CCNC(=NCC(C)(C)Cc1ccccc1)NC1CCN(Cc2ccccn2)CC1.I. The summed E-state index contributed by atoms with van der Waals surface area (Å²) < 4.78 is 0. The molecule has 1 fully saturated rings. The molecule has 0 amide bonds. The average Bonchev–Trinajstić information content (AvgIpc) is 2.75. The van der Waals surface area contributed by atoms with Crippen molar-refractivity contribution < 1.29 is 0 Å². The first kappa shape index (κ1) is 25.6. The highest BCUT2D eigenvalue weighted by molar-refractivity contribution is 14.0. The lowest BCUT2D eigenvalue weighted by Gasteiger charge is -2.33. The summed E-state index contributed by atoms with van der Waals surface area (Å²) in [5.41, 5.74) is 2.64.